The number of carbonyl (C=O) groups excluding carboxylic acids is 2. The third-order valence-corrected chi connectivity index (χ3v) is 1.77. The van der Waals surface area contributed by atoms with E-state index in [0.29, 0.717) is 0 Å². The molecule has 5 heteroatoms. The van der Waals surface area contributed by atoms with Crippen LogP contribution in [0.1, 0.15) is 41.5 Å². The number of nitrogens with one attached hydrogen (secondary N) is 2. The Labute approximate surface area is 92.5 Å². The summed E-state index contributed by atoms with van der Waals surface area (Å²) >= 11 is 0. The molecule has 85 valence electrons. The predicted molar refractivity (Wildman–Crippen MR) is 60.9 cm³/mol. The van der Waals surface area contributed by atoms with E-state index >= 15 is 0 Å². The van der Waals surface area contributed by atoms with Crippen molar-refractivity contribution in [3.63, 3.8) is 0 Å². The third-order valence-electron chi connectivity index (χ3n) is 1.77. The summed E-state index contributed by atoms with van der Waals surface area (Å²) in [6.45, 7) is 10.8. The van der Waals surface area contributed by atoms with Crippen molar-refractivity contribution in [3.8, 4) is 0 Å². The van der Waals surface area contributed by atoms with Crippen molar-refractivity contribution < 1.29 is 9.59 Å². The summed E-state index contributed by atoms with van der Waals surface area (Å²) < 4.78 is 0. The molecule has 0 aromatic carbocycles. The average molecular weight is 211 g/mol. The lowest BCUT2D eigenvalue weighted by atomic mass is 9.91. The molecule has 0 atom stereocenters. The van der Waals surface area contributed by atoms with Gasteiger partial charge in [0.05, 0.1) is 0 Å². The Hall–Kier alpha value is -0.995. The SMILES string of the molecule is CC(C)(C)C(=O)N[B]NC(=O)C(C)(C)C. The van der Waals surface area contributed by atoms with Gasteiger partial charge in [0.2, 0.25) is 11.8 Å². The number of carbonyl (C=O) groups is 2. The van der Waals surface area contributed by atoms with Gasteiger partial charge in [-0.2, -0.15) is 0 Å². The molecular weight excluding hydrogens is 191 g/mol. The first-order chi connectivity index (χ1) is 6.55. The Morgan fingerprint density at radius 2 is 1.07 bits per heavy atom. The Morgan fingerprint density at radius 1 is 0.800 bits per heavy atom. The van der Waals surface area contributed by atoms with Crippen LogP contribution in [0.5, 0.6) is 0 Å². The van der Waals surface area contributed by atoms with Crippen LogP contribution in [0.3, 0.4) is 0 Å². The quantitative estimate of drug-likeness (QED) is 0.665. The first-order valence-corrected chi connectivity index (χ1v) is 4.99. The van der Waals surface area contributed by atoms with Crippen molar-refractivity contribution in [1.82, 2.24) is 10.5 Å². The zero-order valence-corrected chi connectivity index (χ0v) is 10.4. The van der Waals surface area contributed by atoms with Gasteiger partial charge >= 0.3 is 7.55 Å². The smallest absolute Gasteiger partial charge is 0.382 e. The summed E-state index contributed by atoms with van der Waals surface area (Å²) in [5.41, 5.74) is -0.911. The van der Waals surface area contributed by atoms with E-state index in [4.69, 9.17) is 0 Å². The van der Waals surface area contributed by atoms with Crippen LogP contribution in [0, 0.1) is 10.8 Å². The second-order valence-corrected chi connectivity index (χ2v) is 5.59. The molecule has 1 radical (unpaired) electrons. The van der Waals surface area contributed by atoms with E-state index < -0.39 is 10.8 Å². The van der Waals surface area contributed by atoms with Crippen LogP contribution in [0.25, 0.3) is 0 Å². The molecule has 0 saturated carbocycles. The summed E-state index contributed by atoms with van der Waals surface area (Å²) in [5.74, 6) is -0.256. The zero-order chi connectivity index (χ0) is 12.3. The number of rotatable bonds is 2. The molecule has 0 aromatic rings. The van der Waals surface area contributed by atoms with E-state index in [1.54, 1.807) is 0 Å². The minimum absolute atomic E-state index is 0.128. The summed E-state index contributed by atoms with van der Waals surface area (Å²) in [4.78, 5) is 22.8. The molecule has 0 rings (SSSR count). The van der Waals surface area contributed by atoms with Crippen LogP contribution in [-0.2, 0) is 9.59 Å². The van der Waals surface area contributed by atoms with E-state index in [1.165, 1.54) is 7.55 Å². The molecule has 0 fully saturated rings. The second kappa shape index (κ2) is 4.68. The minimum atomic E-state index is -0.455. The summed E-state index contributed by atoms with van der Waals surface area (Å²) in [6.07, 6.45) is 0. The summed E-state index contributed by atoms with van der Waals surface area (Å²) in [5, 5.41) is 5.06. The number of amides is 2. The molecule has 0 bridgehead atoms. The van der Waals surface area contributed by atoms with E-state index in [0.717, 1.165) is 0 Å². The van der Waals surface area contributed by atoms with Crippen LogP contribution >= 0.6 is 0 Å². The van der Waals surface area contributed by atoms with Gasteiger partial charge in [-0.1, -0.05) is 41.5 Å². The van der Waals surface area contributed by atoms with Gasteiger partial charge < -0.3 is 10.5 Å². The fourth-order valence-electron chi connectivity index (χ4n) is 0.600. The van der Waals surface area contributed by atoms with Gasteiger partial charge in [0.15, 0.2) is 0 Å². The van der Waals surface area contributed by atoms with Crippen LogP contribution in [0.4, 0.5) is 0 Å². The molecule has 2 amide bonds. The first kappa shape index (κ1) is 14.0. The Bertz CT molecular complexity index is 225. The molecule has 2 N–H and O–H groups in total. The van der Waals surface area contributed by atoms with Crippen molar-refractivity contribution in [1.29, 1.82) is 0 Å². The van der Waals surface area contributed by atoms with Gasteiger partial charge in [0, 0.05) is 10.8 Å². The maximum Gasteiger partial charge on any atom is 0.390 e. The molecule has 0 saturated heterocycles. The standard InChI is InChI=1S/C10H20BN2O2/c1-9(2,3)7(14)12-11-13-8(15)10(4,5)6/h1-6H3,(H,12,14)(H,13,15). The lowest BCUT2D eigenvalue weighted by molar-refractivity contribution is -0.127. The normalized spacial score (nSPS) is 11.9. The van der Waals surface area contributed by atoms with Crippen molar-refractivity contribution >= 4 is 19.4 Å². The fraction of sp³-hybridized carbons (Fsp3) is 0.800. The predicted octanol–water partition coefficient (Wildman–Crippen LogP) is 0.845. The molecule has 0 aliphatic heterocycles. The van der Waals surface area contributed by atoms with Crippen LogP contribution in [0.2, 0.25) is 0 Å². The lowest BCUT2D eigenvalue weighted by Crippen LogP contribution is -2.47. The van der Waals surface area contributed by atoms with Gasteiger partial charge in [0.25, 0.3) is 0 Å². The molecule has 0 spiro atoms. The zero-order valence-electron chi connectivity index (χ0n) is 10.4. The highest BCUT2D eigenvalue weighted by molar-refractivity contribution is 6.38. The Kier molecular flexibility index (Phi) is 4.37. The van der Waals surface area contributed by atoms with Crippen molar-refractivity contribution in [3.05, 3.63) is 0 Å². The molecule has 0 aliphatic carbocycles. The Balaban J connectivity index is 3.92. The highest BCUT2D eigenvalue weighted by Crippen LogP contribution is 2.13. The summed E-state index contributed by atoms with van der Waals surface area (Å²) in [6, 6.07) is 0. The molecule has 0 unspecified atom stereocenters. The summed E-state index contributed by atoms with van der Waals surface area (Å²) in [7, 11) is 1.29. The maximum absolute atomic E-state index is 11.4. The highest BCUT2D eigenvalue weighted by Gasteiger charge is 2.23. The molecular formula is C10H20BN2O2. The second-order valence-electron chi connectivity index (χ2n) is 5.59. The van der Waals surface area contributed by atoms with Crippen molar-refractivity contribution in [2.24, 2.45) is 10.8 Å². The van der Waals surface area contributed by atoms with Gasteiger partial charge in [0.1, 0.15) is 0 Å². The van der Waals surface area contributed by atoms with E-state index in [2.05, 4.69) is 10.5 Å². The van der Waals surface area contributed by atoms with Gasteiger partial charge in [-0.05, 0) is 0 Å². The molecule has 4 nitrogen and oxygen atoms in total. The minimum Gasteiger partial charge on any atom is -0.382 e. The van der Waals surface area contributed by atoms with Gasteiger partial charge in [-0.15, -0.1) is 0 Å². The van der Waals surface area contributed by atoms with Gasteiger partial charge in [-0.25, -0.2) is 0 Å². The lowest BCUT2D eigenvalue weighted by Gasteiger charge is -2.20. The topological polar surface area (TPSA) is 58.2 Å². The molecule has 15 heavy (non-hydrogen) atoms. The van der Waals surface area contributed by atoms with E-state index in [9.17, 15) is 9.59 Å². The van der Waals surface area contributed by atoms with Gasteiger partial charge in [-0.3, -0.25) is 9.59 Å². The van der Waals surface area contributed by atoms with Crippen LogP contribution < -0.4 is 10.5 Å². The van der Waals surface area contributed by atoms with E-state index in [-0.39, 0.29) is 11.8 Å². The monoisotopic (exact) mass is 211 g/mol. The molecule has 0 aliphatic rings. The maximum atomic E-state index is 11.4. The number of hydrogen-bond acceptors (Lipinski definition) is 2. The fourth-order valence-corrected chi connectivity index (χ4v) is 0.600. The highest BCUT2D eigenvalue weighted by atomic mass is 16.2. The first-order valence-electron chi connectivity index (χ1n) is 4.99. The van der Waals surface area contributed by atoms with Crippen LogP contribution in [0.15, 0.2) is 0 Å². The van der Waals surface area contributed by atoms with Crippen LogP contribution in [-0.4, -0.2) is 19.4 Å². The average Bonchev–Trinajstić information content (AvgIpc) is 2.00. The van der Waals surface area contributed by atoms with Crippen molar-refractivity contribution in [2.75, 3.05) is 0 Å². The Morgan fingerprint density at radius 3 is 1.27 bits per heavy atom. The molecule has 0 heterocycles. The largest absolute Gasteiger partial charge is 0.390 e. The molecule has 0 aromatic heterocycles. The third kappa shape index (κ3) is 5.45. The van der Waals surface area contributed by atoms with Crippen molar-refractivity contribution in [2.45, 2.75) is 41.5 Å². The number of hydrogen-bond donors (Lipinski definition) is 2. The van der Waals surface area contributed by atoms with E-state index in [1.807, 2.05) is 41.5 Å².